The molecule has 2 bridgehead atoms. The monoisotopic (exact) mass is 507 g/mol. The maximum atomic E-state index is 13.9. The van der Waals surface area contributed by atoms with Crippen LogP contribution in [-0.4, -0.2) is 56.9 Å². The summed E-state index contributed by atoms with van der Waals surface area (Å²) in [7, 11) is 0. The second-order valence-corrected chi connectivity index (χ2v) is 11.8. The van der Waals surface area contributed by atoms with E-state index >= 15 is 0 Å². The molecule has 2 aromatic rings. The summed E-state index contributed by atoms with van der Waals surface area (Å²) in [6.07, 6.45) is 2.70. The summed E-state index contributed by atoms with van der Waals surface area (Å²) in [6, 6.07) is 14.6. The van der Waals surface area contributed by atoms with E-state index in [1.165, 1.54) is 0 Å². The Morgan fingerprint density at radius 1 is 1.08 bits per heavy atom. The second-order valence-electron chi connectivity index (χ2n) is 10.2. The Bertz CT molecular complexity index is 1170. The molecule has 0 radical (unpaired) electrons. The van der Waals surface area contributed by atoms with E-state index in [1.807, 2.05) is 62.4 Å². The first-order valence-electron chi connectivity index (χ1n) is 12.7. The fourth-order valence-corrected chi connectivity index (χ4v) is 8.43. The molecule has 2 unspecified atom stereocenters. The van der Waals surface area contributed by atoms with Gasteiger partial charge in [-0.2, -0.15) is 0 Å². The van der Waals surface area contributed by atoms with E-state index in [2.05, 4.69) is 10.6 Å². The summed E-state index contributed by atoms with van der Waals surface area (Å²) < 4.78 is -0.624. The van der Waals surface area contributed by atoms with E-state index in [9.17, 15) is 19.5 Å². The number of benzene rings is 2. The van der Waals surface area contributed by atoms with Crippen molar-refractivity contribution in [1.29, 1.82) is 0 Å². The molecule has 2 aromatic carbocycles. The lowest BCUT2D eigenvalue weighted by atomic mass is 9.70. The minimum Gasteiger partial charge on any atom is -0.396 e. The first kappa shape index (κ1) is 24.8. The predicted molar refractivity (Wildman–Crippen MR) is 142 cm³/mol. The van der Waals surface area contributed by atoms with Gasteiger partial charge in [0, 0.05) is 29.8 Å². The third-order valence-electron chi connectivity index (χ3n) is 7.85. The normalized spacial score (nSPS) is 28.3. The highest BCUT2D eigenvalue weighted by atomic mass is 32.2. The first-order valence-corrected chi connectivity index (χ1v) is 13.6. The summed E-state index contributed by atoms with van der Waals surface area (Å²) >= 11 is 1.66. The molecule has 190 valence electrons. The van der Waals surface area contributed by atoms with Crippen molar-refractivity contribution in [1.82, 2.24) is 4.90 Å². The Kier molecular flexibility index (Phi) is 6.83. The van der Waals surface area contributed by atoms with Gasteiger partial charge in [-0.3, -0.25) is 14.4 Å². The Balaban J connectivity index is 1.46. The number of carbonyl (C=O) groups excluding carboxylic acids is 3. The number of aliphatic hydroxyl groups excluding tert-OH is 1. The molecule has 0 aromatic heterocycles. The summed E-state index contributed by atoms with van der Waals surface area (Å²) in [5.74, 6) is -1.47. The second kappa shape index (κ2) is 9.90. The molecular weight excluding hydrogens is 474 g/mol. The number of aryl methyl sites for hydroxylation is 2. The van der Waals surface area contributed by atoms with Crippen molar-refractivity contribution < 1.29 is 19.5 Å². The number of para-hydroxylation sites is 1. The van der Waals surface area contributed by atoms with Crippen molar-refractivity contribution in [2.24, 2.45) is 11.8 Å². The van der Waals surface area contributed by atoms with Crippen LogP contribution in [0.15, 0.2) is 48.5 Å². The molecule has 3 aliphatic rings. The Morgan fingerprint density at radius 3 is 2.61 bits per heavy atom. The molecule has 1 spiro atoms. The van der Waals surface area contributed by atoms with E-state index in [1.54, 1.807) is 16.7 Å². The fraction of sp³-hybridized carbons (Fsp3) is 0.464. The lowest BCUT2D eigenvalue weighted by Crippen LogP contribution is -2.51. The molecule has 8 heteroatoms. The largest absolute Gasteiger partial charge is 0.396 e. The van der Waals surface area contributed by atoms with Gasteiger partial charge in [-0.15, -0.1) is 11.8 Å². The van der Waals surface area contributed by atoms with E-state index in [4.69, 9.17) is 0 Å². The van der Waals surface area contributed by atoms with Gasteiger partial charge in [0.25, 0.3) is 0 Å². The molecule has 0 saturated carbocycles. The van der Waals surface area contributed by atoms with Crippen LogP contribution in [0.25, 0.3) is 0 Å². The maximum Gasteiger partial charge on any atom is 0.248 e. The smallest absolute Gasteiger partial charge is 0.248 e. The van der Waals surface area contributed by atoms with Crippen molar-refractivity contribution in [2.75, 3.05) is 23.8 Å². The van der Waals surface area contributed by atoms with Gasteiger partial charge in [0.2, 0.25) is 17.7 Å². The number of amides is 3. The van der Waals surface area contributed by atoms with Crippen LogP contribution in [0.5, 0.6) is 0 Å². The first-order chi connectivity index (χ1) is 17.4. The van der Waals surface area contributed by atoms with E-state index in [-0.39, 0.29) is 29.6 Å². The van der Waals surface area contributed by atoms with Gasteiger partial charge in [0.05, 0.1) is 16.6 Å². The Morgan fingerprint density at radius 2 is 1.86 bits per heavy atom. The summed E-state index contributed by atoms with van der Waals surface area (Å²) in [4.78, 5) is 43.0. The molecule has 7 nitrogen and oxygen atoms in total. The molecular formula is C28H33N3O4S. The van der Waals surface area contributed by atoms with Crippen molar-refractivity contribution in [3.63, 3.8) is 0 Å². The molecule has 5 atom stereocenters. The van der Waals surface area contributed by atoms with Crippen LogP contribution in [0.4, 0.5) is 11.4 Å². The fourth-order valence-electron chi connectivity index (χ4n) is 6.21. The lowest BCUT2D eigenvalue weighted by molar-refractivity contribution is -0.138. The highest BCUT2D eigenvalue weighted by molar-refractivity contribution is 8.02. The van der Waals surface area contributed by atoms with Gasteiger partial charge in [-0.05, 0) is 68.9 Å². The van der Waals surface area contributed by atoms with Crippen LogP contribution in [-0.2, 0) is 14.4 Å². The number of fused-ring (bicyclic) bond motifs is 1. The maximum absolute atomic E-state index is 13.9. The SMILES string of the molecule is Cc1ccc(C)c(NC(=O)C2N(CCCCO)C(=O)[C@@H]3[C@H](C(=O)Nc4ccccc4)[C@@H]4CCC23S4)c1. The van der Waals surface area contributed by atoms with Crippen LogP contribution >= 0.6 is 11.8 Å². The van der Waals surface area contributed by atoms with Gasteiger partial charge >= 0.3 is 0 Å². The van der Waals surface area contributed by atoms with Gasteiger partial charge in [-0.1, -0.05) is 30.3 Å². The highest BCUT2D eigenvalue weighted by Crippen LogP contribution is 2.66. The summed E-state index contributed by atoms with van der Waals surface area (Å²) in [6.45, 7) is 4.36. The predicted octanol–water partition coefficient (Wildman–Crippen LogP) is 3.74. The number of thioether (sulfide) groups is 1. The quantitative estimate of drug-likeness (QED) is 0.473. The molecule has 0 aliphatic carbocycles. The zero-order valence-electron chi connectivity index (χ0n) is 20.7. The summed E-state index contributed by atoms with van der Waals surface area (Å²) in [5, 5.41) is 15.4. The molecule has 5 rings (SSSR count). The van der Waals surface area contributed by atoms with Crippen LogP contribution < -0.4 is 10.6 Å². The van der Waals surface area contributed by atoms with Crippen LogP contribution in [0.3, 0.4) is 0 Å². The number of carbonyl (C=O) groups is 3. The van der Waals surface area contributed by atoms with Crippen molar-refractivity contribution in [3.05, 3.63) is 59.7 Å². The van der Waals surface area contributed by atoms with Crippen molar-refractivity contribution >= 4 is 40.9 Å². The molecule has 3 saturated heterocycles. The third-order valence-corrected chi connectivity index (χ3v) is 9.80. The van der Waals surface area contributed by atoms with Crippen LogP contribution in [0.1, 0.15) is 36.8 Å². The molecule has 3 heterocycles. The standard InChI is InChI=1S/C28H33N3O4S/c1-17-10-11-18(2)20(16-17)30-26(34)24-28-13-12-21(36-28)22(25(33)29-19-8-4-3-5-9-19)23(28)27(35)31(24)14-6-7-15-32/h3-5,8-11,16,21-24,32H,6-7,12-15H2,1-2H3,(H,29,33)(H,30,34)/t21-,22+,23-,24?,28?/m0/s1. The summed E-state index contributed by atoms with van der Waals surface area (Å²) in [5.41, 5.74) is 3.46. The third kappa shape index (κ3) is 4.20. The number of likely N-dealkylation sites (tertiary alicyclic amines) is 1. The molecule has 36 heavy (non-hydrogen) atoms. The number of unbranched alkanes of at least 4 members (excludes halogenated alkanes) is 1. The minimum atomic E-state index is -0.655. The zero-order chi connectivity index (χ0) is 25.4. The lowest BCUT2D eigenvalue weighted by Gasteiger charge is -2.34. The van der Waals surface area contributed by atoms with Gasteiger partial charge in [0.15, 0.2) is 0 Å². The average Bonchev–Trinajstić information content (AvgIpc) is 3.50. The molecule has 3 fully saturated rings. The number of hydrogen-bond acceptors (Lipinski definition) is 5. The number of aliphatic hydroxyl groups is 1. The van der Waals surface area contributed by atoms with Gasteiger partial charge in [-0.25, -0.2) is 0 Å². The molecule has 3 N–H and O–H groups in total. The van der Waals surface area contributed by atoms with E-state index in [0.717, 1.165) is 29.7 Å². The van der Waals surface area contributed by atoms with E-state index < -0.39 is 22.6 Å². The Labute approximate surface area is 216 Å². The average molecular weight is 508 g/mol. The number of rotatable bonds is 8. The number of anilines is 2. The van der Waals surface area contributed by atoms with E-state index in [0.29, 0.717) is 25.1 Å². The van der Waals surface area contributed by atoms with Crippen molar-refractivity contribution in [3.8, 4) is 0 Å². The number of nitrogens with one attached hydrogen (secondary N) is 2. The van der Waals surface area contributed by atoms with Crippen LogP contribution in [0.2, 0.25) is 0 Å². The zero-order valence-corrected chi connectivity index (χ0v) is 21.5. The number of nitrogens with zero attached hydrogens (tertiary/aromatic N) is 1. The minimum absolute atomic E-state index is 0.0123. The van der Waals surface area contributed by atoms with Gasteiger partial charge in [0.1, 0.15) is 6.04 Å². The topological polar surface area (TPSA) is 98.7 Å². The highest BCUT2D eigenvalue weighted by Gasteiger charge is 2.73. The molecule has 3 amide bonds. The van der Waals surface area contributed by atoms with Gasteiger partial charge < -0.3 is 20.6 Å². The molecule has 3 aliphatic heterocycles. The van der Waals surface area contributed by atoms with Crippen LogP contribution in [0, 0.1) is 25.7 Å². The Hall–Kier alpha value is -2.84. The van der Waals surface area contributed by atoms with Crippen molar-refractivity contribution in [2.45, 2.75) is 55.6 Å². The number of hydrogen-bond donors (Lipinski definition) is 3.